The first-order valence-electron chi connectivity index (χ1n) is 6.65. The van der Waals surface area contributed by atoms with Crippen molar-refractivity contribution in [2.45, 2.75) is 27.2 Å². The molecule has 1 aromatic heterocycles. The highest BCUT2D eigenvalue weighted by atomic mass is 32.1. The minimum absolute atomic E-state index is 0.306. The largest absolute Gasteiger partial charge is 0.462 e. The van der Waals surface area contributed by atoms with E-state index in [2.05, 4.69) is 23.3 Å². The first-order valence-corrected chi connectivity index (χ1v) is 7.46. The molecule has 5 heteroatoms. The summed E-state index contributed by atoms with van der Waals surface area (Å²) in [6.45, 7) is 6.10. The number of anilines is 2. The van der Waals surface area contributed by atoms with Gasteiger partial charge in [-0.1, -0.05) is 36.5 Å². The summed E-state index contributed by atoms with van der Waals surface area (Å²) in [5.41, 5.74) is 2.95. The molecule has 0 spiro atoms. The van der Waals surface area contributed by atoms with Crippen LogP contribution in [0, 0.1) is 6.92 Å². The van der Waals surface area contributed by atoms with E-state index in [-0.39, 0.29) is 5.97 Å². The topological polar surface area (TPSA) is 51.2 Å². The lowest BCUT2D eigenvalue weighted by Crippen LogP contribution is -2.03. The van der Waals surface area contributed by atoms with Crippen LogP contribution < -0.4 is 5.32 Å². The molecule has 1 aromatic carbocycles. The van der Waals surface area contributed by atoms with Crippen molar-refractivity contribution < 1.29 is 9.53 Å². The van der Waals surface area contributed by atoms with E-state index in [4.69, 9.17) is 4.74 Å². The second-order valence-corrected chi connectivity index (χ2v) is 5.29. The van der Waals surface area contributed by atoms with Gasteiger partial charge >= 0.3 is 5.97 Å². The van der Waals surface area contributed by atoms with E-state index in [1.165, 1.54) is 16.9 Å². The number of hydrogen-bond acceptors (Lipinski definition) is 5. The Morgan fingerprint density at radius 3 is 2.80 bits per heavy atom. The van der Waals surface area contributed by atoms with Crippen LogP contribution in [0.25, 0.3) is 0 Å². The van der Waals surface area contributed by atoms with Gasteiger partial charge in [0.1, 0.15) is 4.88 Å². The van der Waals surface area contributed by atoms with Crippen LogP contribution >= 0.6 is 11.3 Å². The van der Waals surface area contributed by atoms with E-state index < -0.39 is 0 Å². The minimum Gasteiger partial charge on any atom is -0.462 e. The molecule has 0 saturated heterocycles. The van der Waals surface area contributed by atoms with Gasteiger partial charge in [-0.15, -0.1) is 0 Å². The van der Waals surface area contributed by atoms with E-state index in [0.717, 1.165) is 12.1 Å². The second kappa shape index (κ2) is 6.52. The molecule has 0 amide bonds. The first kappa shape index (κ1) is 14.5. The summed E-state index contributed by atoms with van der Waals surface area (Å²) < 4.78 is 5.02. The summed E-state index contributed by atoms with van der Waals surface area (Å²) in [5, 5.41) is 4.00. The first-order chi connectivity index (χ1) is 9.65. The Kier molecular flexibility index (Phi) is 4.74. The molecule has 0 radical (unpaired) electrons. The van der Waals surface area contributed by atoms with E-state index in [9.17, 15) is 4.79 Å². The zero-order valence-corrected chi connectivity index (χ0v) is 12.7. The van der Waals surface area contributed by atoms with E-state index in [0.29, 0.717) is 22.3 Å². The molecule has 0 unspecified atom stereocenters. The number of aromatic nitrogens is 1. The lowest BCUT2D eigenvalue weighted by atomic mass is 10.1. The predicted octanol–water partition coefficient (Wildman–Crippen LogP) is 3.93. The Hall–Kier alpha value is -1.88. The van der Waals surface area contributed by atoms with Crippen LogP contribution in [0.15, 0.2) is 24.3 Å². The van der Waals surface area contributed by atoms with Gasteiger partial charge in [-0.25, -0.2) is 9.78 Å². The Balaban J connectivity index is 2.22. The lowest BCUT2D eigenvalue weighted by Gasteiger charge is -2.07. The summed E-state index contributed by atoms with van der Waals surface area (Å²) in [4.78, 5) is 16.7. The average molecular weight is 290 g/mol. The number of aryl methyl sites for hydroxylation is 2. The van der Waals surface area contributed by atoms with Gasteiger partial charge in [-0.2, -0.15) is 0 Å². The summed E-state index contributed by atoms with van der Waals surface area (Å²) in [7, 11) is 0. The molecular weight excluding hydrogens is 272 g/mol. The van der Waals surface area contributed by atoms with Gasteiger partial charge < -0.3 is 10.1 Å². The minimum atomic E-state index is -0.306. The molecule has 4 nitrogen and oxygen atoms in total. The van der Waals surface area contributed by atoms with Crippen molar-refractivity contribution in [2.24, 2.45) is 0 Å². The number of nitrogens with one attached hydrogen (secondary N) is 1. The molecule has 0 bridgehead atoms. The fourth-order valence-corrected chi connectivity index (χ4v) is 2.77. The van der Waals surface area contributed by atoms with Crippen molar-refractivity contribution >= 4 is 28.1 Å². The van der Waals surface area contributed by atoms with Gasteiger partial charge in [0.05, 0.1) is 12.3 Å². The molecule has 1 heterocycles. The van der Waals surface area contributed by atoms with Crippen LogP contribution in [0.2, 0.25) is 0 Å². The molecule has 2 aromatic rings. The number of carbonyl (C=O) groups excluding carboxylic acids is 1. The molecule has 0 saturated carbocycles. The molecule has 0 aliphatic rings. The van der Waals surface area contributed by atoms with Gasteiger partial charge in [-0.3, -0.25) is 0 Å². The standard InChI is InChI=1S/C15H18N2O2S/c1-4-11-8-6-7-9-12(11)17-15-16-10(3)13(20-15)14(18)19-5-2/h6-9H,4-5H2,1-3H3,(H,16,17). The zero-order valence-electron chi connectivity index (χ0n) is 11.9. The Morgan fingerprint density at radius 1 is 1.35 bits per heavy atom. The molecule has 0 aliphatic carbocycles. The summed E-state index contributed by atoms with van der Waals surface area (Å²) in [6, 6.07) is 8.09. The number of para-hydroxylation sites is 1. The van der Waals surface area contributed by atoms with E-state index >= 15 is 0 Å². The van der Waals surface area contributed by atoms with Crippen molar-refractivity contribution in [3.8, 4) is 0 Å². The van der Waals surface area contributed by atoms with Crippen molar-refractivity contribution in [2.75, 3.05) is 11.9 Å². The third kappa shape index (κ3) is 3.17. The van der Waals surface area contributed by atoms with Gasteiger partial charge in [0, 0.05) is 5.69 Å². The average Bonchev–Trinajstić information content (AvgIpc) is 2.80. The number of hydrogen-bond donors (Lipinski definition) is 1. The Bertz CT molecular complexity index is 608. The number of nitrogens with zero attached hydrogens (tertiary/aromatic N) is 1. The fraction of sp³-hybridized carbons (Fsp3) is 0.333. The Labute approximate surface area is 122 Å². The molecule has 2 rings (SSSR count). The molecule has 0 fully saturated rings. The number of rotatable bonds is 5. The summed E-state index contributed by atoms with van der Waals surface area (Å²) in [6.07, 6.45) is 0.943. The second-order valence-electron chi connectivity index (χ2n) is 4.29. The van der Waals surface area contributed by atoms with Crippen LogP contribution in [0.3, 0.4) is 0 Å². The predicted molar refractivity (Wildman–Crippen MR) is 81.9 cm³/mol. The normalized spacial score (nSPS) is 10.3. The molecule has 1 N–H and O–H groups in total. The maximum Gasteiger partial charge on any atom is 0.350 e. The van der Waals surface area contributed by atoms with Gasteiger partial charge in [0.2, 0.25) is 0 Å². The smallest absolute Gasteiger partial charge is 0.350 e. The van der Waals surface area contributed by atoms with Crippen LogP contribution in [0.1, 0.15) is 34.8 Å². The summed E-state index contributed by atoms with van der Waals surface area (Å²) in [5.74, 6) is -0.306. The quantitative estimate of drug-likeness (QED) is 0.848. The third-order valence-electron chi connectivity index (χ3n) is 2.90. The van der Waals surface area contributed by atoms with E-state index in [1.54, 1.807) is 6.92 Å². The zero-order chi connectivity index (χ0) is 14.5. The maximum absolute atomic E-state index is 11.8. The van der Waals surface area contributed by atoms with Crippen molar-refractivity contribution in [1.29, 1.82) is 0 Å². The highest BCUT2D eigenvalue weighted by molar-refractivity contribution is 7.17. The molecule has 0 atom stereocenters. The monoisotopic (exact) mass is 290 g/mol. The molecule has 106 valence electrons. The van der Waals surface area contributed by atoms with Crippen LogP contribution in [-0.2, 0) is 11.2 Å². The van der Waals surface area contributed by atoms with Gasteiger partial charge in [0.15, 0.2) is 5.13 Å². The number of ether oxygens (including phenoxy) is 1. The SMILES string of the molecule is CCOC(=O)c1sc(Nc2ccccc2CC)nc1C. The Morgan fingerprint density at radius 2 is 2.10 bits per heavy atom. The number of thiazole rings is 1. The molecule has 20 heavy (non-hydrogen) atoms. The van der Waals surface area contributed by atoms with Gasteiger partial charge in [-0.05, 0) is 31.9 Å². The highest BCUT2D eigenvalue weighted by Gasteiger charge is 2.16. The number of benzene rings is 1. The fourth-order valence-electron chi connectivity index (χ4n) is 1.90. The number of esters is 1. The molecule has 0 aliphatic heterocycles. The highest BCUT2D eigenvalue weighted by Crippen LogP contribution is 2.28. The van der Waals surface area contributed by atoms with Crippen LogP contribution in [0.4, 0.5) is 10.8 Å². The van der Waals surface area contributed by atoms with Crippen LogP contribution in [-0.4, -0.2) is 17.6 Å². The van der Waals surface area contributed by atoms with Crippen molar-refractivity contribution in [1.82, 2.24) is 4.98 Å². The lowest BCUT2D eigenvalue weighted by molar-refractivity contribution is 0.0531. The summed E-state index contributed by atoms with van der Waals surface area (Å²) >= 11 is 1.32. The van der Waals surface area contributed by atoms with Gasteiger partial charge in [0.25, 0.3) is 0 Å². The van der Waals surface area contributed by atoms with Crippen LogP contribution in [0.5, 0.6) is 0 Å². The van der Waals surface area contributed by atoms with E-state index in [1.807, 2.05) is 25.1 Å². The van der Waals surface area contributed by atoms with Crippen molar-refractivity contribution in [3.05, 3.63) is 40.4 Å². The molecular formula is C15H18N2O2S. The maximum atomic E-state index is 11.8. The van der Waals surface area contributed by atoms with Crippen molar-refractivity contribution in [3.63, 3.8) is 0 Å². The third-order valence-corrected chi connectivity index (χ3v) is 3.95. The number of carbonyl (C=O) groups is 1.